The van der Waals surface area contributed by atoms with Crippen LogP contribution in [0.15, 0.2) is 103 Å². The van der Waals surface area contributed by atoms with Crippen molar-refractivity contribution in [1.82, 2.24) is 4.57 Å². The second-order valence-electron chi connectivity index (χ2n) is 21.8. The van der Waals surface area contributed by atoms with Crippen LogP contribution < -0.4 is 4.74 Å². The molecule has 0 aliphatic rings. The summed E-state index contributed by atoms with van der Waals surface area (Å²) in [5.74, 6) is -0.251. The summed E-state index contributed by atoms with van der Waals surface area (Å²) in [7, 11) is 0. The van der Waals surface area contributed by atoms with Gasteiger partial charge in [0.15, 0.2) is 0 Å². The number of ether oxygens (including phenoxy) is 1. The van der Waals surface area contributed by atoms with Gasteiger partial charge in [0.25, 0.3) is 0 Å². The van der Waals surface area contributed by atoms with Gasteiger partial charge in [-0.15, -0.1) is 45.3 Å². The average Bonchev–Trinajstić information content (AvgIpc) is 4.52. The minimum atomic E-state index is -1.19. The Kier molecular flexibility index (Phi) is 24.0. The predicted octanol–water partition coefficient (Wildman–Crippen LogP) is 23.3. The number of nitrogens with zero attached hydrogens (tertiary/aromatic N) is 2. The first-order chi connectivity index (χ1) is 38.8. The van der Waals surface area contributed by atoms with Crippen LogP contribution in [-0.2, 0) is 24.2 Å². The van der Waals surface area contributed by atoms with Crippen LogP contribution in [0.2, 0.25) is 0 Å². The van der Waals surface area contributed by atoms with Gasteiger partial charge in [-0.25, -0.2) is 4.79 Å². The van der Waals surface area contributed by atoms with E-state index in [2.05, 4.69) is 123 Å². The summed E-state index contributed by atoms with van der Waals surface area (Å²) in [5.41, 5.74) is 8.82. The topological polar surface area (TPSA) is 75.2 Å². The summed E-state index contributed by atoms with van der Waals surface area (Å²) in [5, 5.41) is 21.8. The molecule has 0 fully saturated rings. The van der Waals surface area contributed by atoms with Crippen LogP contribution in [0.5, 0.6) is 5.75 Å². The van der Waals surface area contributed by atoms with Gasteiger partial charge >= 0.3 is 5.97 Å². The zero-order valence-corrected chi connectivity index (χ0v) is 51.2. The number of carboxylic acid groups (broad SMARTS) is 1. The lowest BCUT2D eigenvalue weighted by Gasteiger charge is -2.08. The second kappa shape index (κ2) is 31.7. The molecule has 5 nitrogen and oxygen atoms in total. The summed E-state index contributed by atoms with van der Waals surface area (Å²) in [4.78, 5) is 21.6. The number of aromatic nitrogens is 1. The summed E-state index contributed by atoms with van der Waals surface area (Å²) in [6, 6.07) is 38.4. The Bertz CT molecular complexity index is 3220. The third kappa shape index (κ3) is 16.7. The number of carbonyl (C=O) groups is 1. The SMILES string of the molecule is CCCCCCCCCCCCc1cc(-c2cc(CCCCCCCCCCCC)c(-c3ccc(-c4ccc5c(c4)c4cc(-c6ccc(OCCCCCC)cc6)ccc4n5CC)s3)s2)sc1-c1ccc(/C=C(\C#N)C(=O)O)s1. The van der Waals surface area contributed by atoms with Crippen molar-refractivity contribution >= 4 is 79.2 Å². The number of aryl methyl sites for hydroxylation is 3. The van der Waals surface area contributed by atoms with Crippen molar-refractivity contribution in [2.24, 2.45) is 0 Å². The highest BCUT2D eigenvalue weighted by molar-refractivity contribution is 7.29. The summed E-state index contributed by atoms with van der Waals surface area (Å²) >= 11 is 7.34. The molecule has 0 saturated carbocycles. The number of aliphatic carboxylic acids is 1. The van der Waals surface area contributed by atoms with Gasteiger partial charge in [-0.3, -0.25) is 0 Å². The fourth-order valence-corrected chi connectivity index (χ4v) is 15.9. The van der Waals surface area contributed by atoms with E-state index >= 15 is 0 Å². The van der Waals surface area contributed by atoms with Gasteiger partial charge in [-0.1, -0.05) is 180 Å². The van der Waals surface area contributed by atoms with Crippen molar-refractivity contribution in [3.8, 4) is 62.6 Å². The Labute approximate surface area is 489 Å². The summed E-state index contributed by atoms with van der Waals surface area (Å²) < 4.78 is 8.55. The normalized spacial score (nSPS) is 11.9. The Hall–Kier alpha value is -5.24. The number of hydrogen-bond donors (Lipinski definition) is 1. The van der Waals surface area contributed by atoms with E-state index in [0.29, 0.717) is 0 Å². The highest BCUT2D eigenvalue weighted by Gasteiger charge is 2.21. The van der Waals surface area contributed by atoms with Crippen LogP contribution >= 0.6 is 45.3 Å². The molecule has 0 aliphatic heterocycles. The molecule has 5 heterocycles. The van der Waals surface area contributed by atoms with Crippen LogP contribution in [0.1, 0.15) is 198 Å². The number of rotatable bonds is 36. The standard InChI is InChI=1S/C70H86N2O3S4/c1-5-9-12-15-17-19-21-23-25-27-30-54-48-66(78-68(54)64-41-38-58(76-64)45-56(50-71)70(73)74)67-49-55(31-28-26-24-22-20-18-16-13-10-6-2)69(79-67)65-43-42-63(77-65)53-35-40-62-60(47-53)59-46-52(34-39-61(59)72(62)8-4)51-32-36-57(37-33-51)75-44-29-14-11-7-3/h32-43,45-49H,5-31,44H2,1-4H3,(H,73,74)/b56-45+. The van der Waals surface area contributed by atoms with Crippen molar-refractivity contribution in [1.29, 1.82) is 5.26 Å². The maximum atomic E-state index is 11.8. The van der Waals surface area contributed by atoms with Gasteiger partial charge in [-0.05, 0) is 146 Å². The molecule has 0 radical (unpaired) electrons. The van der Waals surface area contributed by atoms with Crippen LogP contribution in [0.25, 0.3) is 78.7 Å². The molecule has 79 heavy (non-hydrogen) atoms. The van der Waals surface area contributed by atoms with Gasteiger partial charge in [0, 0.05) is 67.4 Å². The average molecular weight is 1130 g/mol. The lowest BCUT2D eigenvalue weighted by atomic mass is 10.0. The maximum Gasteiger partial charge on any atom is 0.346 e. The Morgan fingerprint density at radius 2 is 0.949 bits per heavy atom. The summed E-state index contributed by atoms with van der Waals surface area (Å²) in [6.07, 6.45) is 34.7. The largest absolute Gasteiger partial charge is 0.494 e. The number of hydrogen-bond acceptors (Lipinski definition) is 7. The molecule has 5 aromatic heterocycles. The number of thiophene rings is 4. The minimum absolute atomic E-state index is 0.237. The highest BCUT2D eigenvalue weighted by Crippen LogP contribution is 2.49. The molecule has 8 aromatic rings. The maximum absolute atomic E-state index is 11.8. The summed E-state index contributed by atoms with van der Waals surface area (Å²) in [6.45, 7) is 10.7. The molecule has 0 bridgehead atoms. The number of benzene rings is 3. The molecule has 0 amide bonds. The smallest absolute Gasteiger partial charge is 0.346 e. The van der Waals surface area contributed by atoms with Gasteiger partial charge in [0.05, 0.1) is 6.61 Å². The van der Waals surface area contributed by atoms with Crippen LogP contribution in [0.3, 0.4) is 0 Å². The lowest BCUT2D eigenvalue weighted by molar-refractivity contribution is -0.132. The third-order valence-corrected chi connectivity index (χ3v) is 20.8. The van der Waals surface area contributed by atoms with Crippen molar-refractivity contribution in [2.75, 3.05) is 6.61 Å². The van der Waals surface area contributed by atoms with Gasteiger partial charge in [0.2, 0.25) is 0 Å². The van der Waals surface area contributed by atoms with E-state index < -0.39 is 5.97 Å². The fraction of sp³-hybridized carbons (Fsp3) is 0.457. The molecule has 0 unspecified atom stereocenters. The van der Waals surface area contributed by atoms with Crippen molar-refractivity contribution in [2.45, 2.75) is 201 Å². The van der Waals surface area contributed by atoms with Crippen molar-refractivity contribution in [3.63, 3.8) is 0 Å². The number of carboxylic acids is 1. The van der Waals surface area contributed by atoms with Crippen molar-refractivity contribution in [3.05, 3.63) is 119 Å². The van der Waals surface area contributed by atoms with E-state index in [1.54, 1.807) is 11.3 Å². The molecule has 8 rings (SSSR count). The fourth-order valence-electron chi connectivity index (χ4n) is 11.2. The monoisotopic (exact) mass is 1130 g/mol. The molecule has 0 atom stereocenters. The first kappa shape index (κ1) is 59.9. The molecule has 0 aliphatic carbocycles. The van der Waals surface area contributed by atoms with E-state index in [4.69, 9.17) is 4.74 Å². The third-order valence-electron chi connectivity index (χ3n) is 15.7. The quantitative estimate of drug-likeness (QED) is 0.0241. The number of nitriles is 1. The Morgan fingerprint density at radius 3 is 1.47 bits per heavy atom. The van der Waals surface area contributed by atoms with Gasteiger partial charge in [0.1, 0.15) is 17.4 Å². The van der Waals surface area contributed by atoms with Gasteiger partial charge in [-0.2, -0.15) is 5.26 Å². The first-order valence-electron chi connectivity index (χ1n) is 30.4. The van der Waals surface area contributed by atoms with E-state index in [1.165, 1.54) is 226 Å². The zero-order valence-electron chi connectivity index (χ0n) is 47.9. The minimum Gasteiger partial charge on any atom is -0.494 e. The van der Waals surface area contributed by atoms with E-state index in [1.807, 2.05) is 46.1 Å². The first-order valence-corrected chi connectivity index (χ1v) is 33.7. The second-order valence-corrected chi connectivity index (χ2v) is 26.1. The zero-order chi connectivity index (χ0) is 55.2. The Morgan fingerprint density at radius 1 is 0.494 bits per heavy atom. The van der Waals surface area contributed by atoms with Gasteiger partial charge < -0.3 is 14.4 Å². The molecule has 1 N–H and O–H groups in total. The highest BCUT2D eigenvalue weighted by atomic mass is 32.1. The molecule has 0 spiro atoms. The number of unbranched alkanes of at least 4 members (excludes halogenated alkanes) is 21. The van der Waals surface area contributed by atoms with E-state index in [0.717, 1.165) is 54.3 Å². The molecular weight excluding hydrogens is 1050 g/mol. The van der Waals surface area contributed by atoms with Crippen LogP contribution in [0.4, 0.5) is 0 Å². The predicted molar refractivity (Wildman–Crippen MR) is 346 cm³/mol. The molecule has 9 heteroatoms. The number of fused-ring (bicyclic) bond motifs is 3. The molecular formula is C70H86N2O3S4. The van der Waals surface area contributed by atoms with Crippen LogP contribution in [0, 0.1) is 11.3 Å². The van der Waals surface area contributed by atoms with Crippen LogP contribution in [-0.4, -0.2) is 22.2 Å². The lowest BCUT2D eigenvalue weighted by Crippen LogP contribution is -1.97. The molecule has 418 valence electrons. The molecule has 0 saturated heterocycles. The van der Waals surface area contributed by atoms with Crippen molar-refractivity contribution < 1.29 is 14.6 Å². The molecule has 3 aromatic carbocycles. The van der Waals surface area contributed by atoms with E-state index in [9.17, 15) is 15.2 Å². The Balaban J connectivity index is 1.06. The van der Waals surface area contributed by atoms with E-state index in [-0.39, 0.29) is 5.57 Å².